The van der Waals surface area contributed by atoms with Crippen LogP contribution in [0.4, 0.5) is 0 Å². The van der Waals surface area contributed by atoms with Gasteiger partial charge >= 0.3 is 0 Å². The van der Waals surface area contributed by atoms with Gasteiger partial charge in [-0.1, -0.05) is 146 Å². The van der Waals surface area contributed by atoms with Crippen molar-refractivity contribution in [2.45, 2.75) is 0 Å². The van der Waals surface area contributed by atoms with Crippen LogP contribution in [0.2, 0.25) is 0 Å². The van der Waals surface area contributed by atoms with Crippen molar-refractivity contribution in [1.29, 1.82) is 0 Å². The molecule has 0 aliphatic carbocycles. The van der Waals surface area contributed by atoms with Gasteiger partial charge in [-0.25, -0.2) is 0 Å². The molecule has 9 aromatic rings. The van der Waals surface area contributed by atoms with E-state index in [1.165, 1.54) is 73.4 Å². The summed E-state index contributed by atoms with van der Waals surface area (Å²) in [7, 11) is 0. The van der Waals surface area contributed by atoms with Crippen LogP contribution < -0.4 is 0 Å². The van der Waals surface area contributed by atoms with E-state index in [2.05, 4.69) is 195 Å². The zero-order valence-corrected chi connectivity index (χ0v) is 29.5. The normalized spacial score (nSPS) is 11.0. The van der Waals surface area contributed by atoms with Gasteiger partial charge in [0, 0.05) is 83.3 Å². The third-order valence-electron chi connectivity index (χ3n) is 7.95. The van der Waals surface area contributed by atoms with Crippen LogP contribution >= 0.6 is 59.9 Å². The van der Waals surface area contributed by atoms with Crippen LogP contribution in [0.5, 0.6) is 0 Å². The van der Waals surface area contributed by atoms with Crippen molar-refractivity contribution in [3.05, 3.63) is 158 Å². The quantitative estimate of drug-likeness (QED) is 0.120. The van der Waals surface area contributed by atoms with Crippen LogP contribution in [0, 0.1) is 0 Å². The molecule has 0 spiro atoms. The average molecular weight is 825 g/mol. The zero-order valence-electron chi connectivity index (χ0n) is 23.6. The van der Waals surface area contributed by atoms with Crippen LogP contribution in [0.15, 0.2) is 158 Å². The first-order valence-corrected chi connectivity index (χ1v) is 22.3. The Balaban J connectivity index is 0.000000135. The predicted molar refractivity (Wildman–Crippen MR) is 215 cm³/mol. The van der Waals surface area contributed by atoms with E-state index >= 15 is 0 Å². The van der Waals surface area contributed by atoms with E-state index in [9.17, 15) is 0 Å². The zero-order chi connectivity index (χ0) is 29.9. The van der Waals surface area contributed by atoms with Crippen molar-refractivity contribution in [1.82, 2.24) is 0 Å². The first kappa shape index (κ1) is 29.4. The highest BCUT2D eigenvalue weighted by atomic mass is 128. The Hall–Kier alpha value is -3.30. The van der Waals surface area contributed by atoms with Gasteiger partial charge in [-0.15, -0.1) is 22.7 Å². The van der Waals surface area contributed by atoms with Gasteiger partial charge in [-0.2, -0.15) is 0 Å². The van der Waals surface area contributed by atoms with Crippen LogP contribution in [-0.2, 0) is 0 Å². The average Bonchev–Trinajstić information content (AvgIpc) is 3.70. The number of thiophene rings is 2. The van der Waals surface area contributed by atoms with Crippen LogP contribution in [0.3, 0.4) is 0 Å². The van der Waals surface area contributed by atoms with Gasteiger partial charge in [0.25, 0.3) is 0 Å². The van der Waals surface area contributed by atoms with Crippen molar-refractivity contribution >= 4 is 112 Å². The van der Waals surface area contributed by atoms with Crippen molar-refractivity contribution in [3.63, 3.8) is 0 Å². The highest BCUT2D eigenvalue weighted by molar-refractivity contribution is 15.0. The second-order valence-electron chi connectivity index (χ2n) is 10.4. The monoisotopic (exact) mass is 824 g/mol. The SMILES string of the molecule is II.c1ccc(-c2sc3ccccc3c2-c2ccccc2)cc1.c1ccc2c(c1)sc1c3ccccc3c3ccccc3c21. The number of hydrogen-bond donors (Lipinski definition) is 0. The molecule has 0 N–H and O–H groups in total. The van der Waals surface area contributed by atoms with E-state index in [-0.39, 0.29) is 0 Å². The second-order valence-corrected chi connectivity index (χ2v) is 12.5. The third-order valence-corrected chi connectivity index (χ3v) is 10.4. The highest BCUT2D eigenvalue weighted by Gasteiger charge is 2.15. The van der Waals surface area contributed by atoms with Crippen molar-refractivity contribution in [3.8, 4) is 21.6 Å². The Morgan fingerprint density at radius 3 is 1.41 bits per heavy atom. The minimum absolute atomic E-state index is 1.29. The molecular weight excluding hydrogens is 798 g/mol. The molecule has 4 heteroatoms. The van der Waals surface area contributed by atoms with Crippen LogP contribution in [-0.4, -0.2) is 0 Å². The molecule has 0 atom stereocenters. The minimum atomic E-state index is 1.29. The molecule has 7 aromatic carbocycles. The Labute approximate surface area is 288 Å². The van der Waals surface area contributed by atoms with E-state index < -0.39 is 0 Å². The van der Waals surface area contributed by atoms with E-state index in [1.54, 1.807) is 0 Å². The van der Waals surface area contributed by atoms with Crippen molar-refractivity contribution in [2.75, 3.05) is 0 Å². The molecular formula is C40H26I2S2. The summed E-state index contributed by atoms with van der Waals surface area (Å²) in [6, 6.07) is 56.3. The second kappa shape index (κ2) is 13.4. The molecule has 44 heavy (non-hydrogen) atoms. The van der Waals surface area contributed by atoms with Gasteiger partial charge in [0.2, 0.25) is 0 Å². The molecule has 2 aromatic heterocycles. The summed E-state index contributed by atoms with van der Waals surface area (Å²) < 4.78 is 4.12. The summed E-state index contributed by atoms with van der Waals surface area (Å²) in [5.41, 5.74) is 3.92. The lowest BCUT2D eigenvalue weighted by molar-refractivity contribution is 1.66. The maximum absolute atomic E-state index is 2.25. The minimum Gasteiger partial charge on any atom is -0.135 e. The fourth-order valence-electron chi connectivity index (χ4n) is 6.08. The van der Waals surface area contributed by atoms with Gasteiger partial charge in [-0.05, 0) is 39.4 Å². The van der Waals surface area contributed by atoms with Gasteiger partial charge < -0.3 is 0 Å². The van der Waals surface area contributed by atoms with Crippen molar-refractivity contribution in [2.24, 2.45) is 0 Å². The molecule has 0 amide bonds. The number of fused-ring (bicyclic) bond motifs is 9. The third kappa shape index (κ3) is 5.42. The lowest BCUT2D eigenvalue weighted by Gasteiger charge is -2.06. The highest BCUT2D eigenvalue weighted by Crippen LogP contribution is 2.45. The van der Waals surface area contributed by atoms with E-state index in [0.29, 0.717) is 0 Å². The Morgan fingerprint density at radius 1 is 0.341 bits per heavy atom. The summed E-state index contributed by atoms with van der Waals surface area (Å²) >= 11 is 8.02. The summed E-state index contributed by atoms with van der Waals surface area (Å²) in [5.74, 6) is 0. The molecule has 0 aliphatic heterocycles. The van der Waals surface area contributed by atoms with Gasteiger partial charge in [-0.3, -0.25) is 0 Å². The fraction of sp³-hybridized carbons (Fsp3) is 0. The molecule has 0 fully saturated rings. The molecule has 0 bridgehead atoms. The number of benzene rings is 7. The lowest BCUT2D eigenvalue weighted by atomic mass is 9.97. The van der Waals surface area contributed by atoms with E-state index in [4.69, 9.17) is 0 Å². The summed E-state index contributed by atoms with van der Waals surface area (Å²) in [6.45, 7) is 0. The molecule has 212 valence electrons. The van der Waals surface area contributed by atoms with Crippen LogP contribution in [0.25, 0.3) is 73.4 Å². The Bertz CT molecular complexity index is 2350. The largest absolute Gasteiger partial charge is 0.135 e. The van der Waals surface area contributed by atoms with Gasteiger partial charge in [0.05, 0.1) is 0 Å². The lowest BCUT2D eigenvalue weighted by Crippen LogP contribution is -1.79. The van der Waals surface area contributed by atoms with Crippen molar-refractivity contribution < 1.29 is 0 Å². The van der Waals surface area contributed by atoms with E-state index in [0.717, 1.165) is 0 Å². The molecule has 2 heterocycles. The molecule has 0 saturated carbocycles. The number of halogens is 2. The molecule has 9 rings (SSSR count). The standard InChI is InChI=1S/C20H12S.C20H14S.I2/c1-3-9-15-13(7-1)14-8-2-4-10-16(14)20-19(15)17-11-5-6-12-18(17)21-20;1-3-9-15(10-4-1)19-17-13-7-8-14-18(17)21-20(19)16-11-5-2-6-12-16;1-2/h1-12H;1-14H;. The molecule has 0 saturated heterocycles. The maximum atomic E-state index is 2.25. The predicted octanol–water partition coefficient (Wildman–Crippen LogP) is 14.4. The molecule has 0 nitrogen and oxygen atoms in total. The molecule has 0 radical (unpaired) electrons. The number of rotatable bonds is 2. The van der Waals surface area contributed by atoms with E-state index in [1.807, 2.05) is 22.7 Å². The Morgan fingerprint density at radius 2 is 0.773 bits per heavy atom. The molecule has 0 aliphatic rings. The maximum Gasteiger partial charge on any atom is 0.0440 e. The number of hydrogen-bond acceptors (Lipinski definition) is 2. The summed E-state index contributed by atoms with van der Waals surface area (Å²) in [4.78, 5) is 1.35. The first-order chi connectivity index (χ1) is 21.9. The smallest absolute Gasteiger partial charge is 0.0440 e. The summed E-state index contributed by atoms with van der Waals surface area (Å²) in [5, 5.41) is 9.56. The topological polar surface area (TPSA) is 0 Å². The fourth-order valence-corrected chi connectivity index (χ4v) is 8.57. The van der Waals surface area contributed by atoms with Crippen LogP contribution in [0.1, 0.15) is 0 Å². The van der Waals surface area contributed by atoms with Gasteiger partial charge in [0.15, 0.2) is 0 Å². The Kier molecular flexibility index (Phi) is 8.93. The first-order valence-electron chi connectivity index (χ1n) is 14.3. The summed E-state index contributed by atoms with van der Waals surface area (Å²) in [6.07, 6.45) is 0. The van der Waals surface area contributed by atoms with Gasteiger partial charge in [0.1, 0.15) is 0 Å². The molecule has 0 unspecified atom stereocenters.